The summed E-state index contributed by atoms with van der Waals surface area (Å²) in [5, 5.41) is 11.1. The summed E-state index contributed by atoms with van der Waals surface area (Å²) < 4.78 is 34.1. The molecule has 3 aromatic rings. The molecule has 0 radical (unpaired) electrons. The predicted octanol–water partition coefficient (Wildman–Crippen LogP) is 3.96. The number of benzene rings is 2. The number of para-hydroxylation sites is 1. The van der Waals surface area contributed by atoms with Crippen LogP contribution in [0.5, 0.6) is 5.75 Å². The van der Waals surface area contributed by atoms with E-state index in [0.29, 0.717) is 22.8 Å². The lowest BCUT2D eigenvalue weighted by Gasteiger charge is -2.14. The van der Waals surface area contributed by atoms with Gasteiger partial charge in [0.2, 0.25) is 5.91 Å². The fourth-order valence-electron chi connectivity index (χ4n) is 2.47. The van der Waals surface area contributed by atoms with Crippen molar-refractivity contribution in [3.63, 3.8) is 0 Å². The number of hydrogen-bond acceptors (Lipinski definition) is 5. The van der Waals surface area contributed by atoms with Gasteiger partial charge in [0.1, 0.15) is 17.4 Å². The molecule has 0 saturated carbocycles. The number of nitrogens with zero attached hydrogens (tertiary/aromatic N) is 3. The highest BCUT2D eigenvalue weighted by atomic mass is 32.2. The van der Waals surface area contributed by atoms with Gasteiger partial charge in [0.05, 0.1) is 11.4 Å². The summed E-state index contributed by atoms with van der Waals surface area (Å²) in [6.45, 7) is 1.86. The van der Waals surface area contributed by atoms with Gasteiger partial charge < -0.3 is 14.6 Å². The van der Waals surface area contributed by atoms with E-state index in [0.717, 1.165) is 17.8 Å². The number of carbonyl (C=O) groups excluding carboxylic acids is 1. The molecule has 0 fully saturated rings. The summed E-state index contributed by atoms with van der Waals surface area (Å²) in [6.07, 6.45) is -0.337. The van der Waals surface area contributed by atoms with E-state index in [2.05, 4.69) is 15.5 Å². The number of thioether (sulfide) groups is 1. The van der Waals surface area contributed by atoms with Gasteiger partial charge in [0.15, 0.2) is 17.1 Å². The van der Waals surface area contributed by atoms with Gasteiger partial charge in [-0.3, -0.25) is 4.79 Å². The van der Waals surface area contributed by atoms with Crippen molar-refractivity contribution in [2.24, 2.45) is 7.05 Å². The molecule has 1 amide bonds. The van der Waals surface area contributed by atoms with Crippen LogP contribution >= 0.6 is 11.8 Å². The van der Waals surface area contributed by atoms with Gasteiger partial charge in [0, 0.05) is 13.1 Å². The van der Waals surface area contributed by atoms with Crippen molar-refractivity contribution in [1.82, 2.24) is 14.8 Å². The minimum absolute atomic E-state index is 0.00326. The molecule has 0 bridgehead atoms. The molecule has 1 atom stereocenters. The summed E-state index contributed by atoms with van der Waals surface area (Å²) in [4.78, 5) is 12.0. The van der Waals surface area contributed by atoms with E-state index in [9.17, 15) is 13.6 Å². The van der Waals surface area contributed by atoms with E-state index in [4.69, 9.17) is 4.74 Å². The third-order valence-corrected chi connectivity index (χ3v) is 4.85. The summed E-state index contributed by atoms with van der Waals surface area (Å²) in [6, 6.07) is 12.3. The first-order valence-corrected chi connectivity index (χ1v) is 9.41. The van der Waals surface area contributed by atoms with Crippen LogP contribution in [0.15, 0.2) is 53.7 Å². The highest BCUT2D eigenvalue weighted by molar-refractivity contribution is 7.99. The van der Waals surface area contributed by atoms with Gasteiger partial charge in [-0.1, -0.05) is 30.0 Å². The Balaban J connectivity index is 1.58. The number of amides is 1. The molecular formula is C19H18F2N4O2S. The Kier molecular flexibility index (Phi) is 6.25. The zero-order chi connectivity index (χ0) is 20.1. The van der Waals surface area contributed by atoms with Gasteiger partial charge in [-0.2, -0.15) is 0 Å². The first kappa shape index (κ1) is 19.8. The van der Waals surface area contributed by atoms with Crippen LogP contribution in [0.25, 0.3) is 0 Å². The Bertz CT molecular complexity index is 966. The monoisotopic (exact) mass is 404 g/mol. The molecular weight excluding hydrogens is 386 g/mol. The number of halogens is 2. The number of rotatable bonds is 7. The van der Waals surface area contributed by atoms with E-state index < -0.39 is 17.5 Å². The smallest absolute Gasteiger partial charge is 0.234 e. The second kappa shape index (κ2) is 8.83. The van der Waals surface area contributed by atoms with Crippen LogP contribution in [0.3, 0.4) is 0 Å². The Morgan fingerprint density at radius 1 is 1.21 bits per heavy atom. The molecule has 0 aliphatic heterocycles. The van der Waals surface area contributed by atoms with Crippen molar-refractivity contribution < 1.29 is 18.3 Å². The van der Waals surface area contributed by atoms with Crippen LogP contribution in [-0.2, 0) is 11.8 Å². The maximum atomic E-state index is 13.6. The fraction of sp³-hybridized carbons (Fsp3) is 0.211. The topological polar surface area (TPSA) is 69.0 Å². The molecule has 1 heterocycles. The fourth-order valence-corrected chi connectivity index (χ4v) is 3.19. The van der Waals surface area contributed by atoms with E-state index in [1.807, 2.05) is 37.3 Å². The van der Waals surface area contributed by atoms with Crippen molar-refractivity contribution in [3.05, 3.63) is 66.0 Å². The zero-order valence-electron chi connectivity index (χ0n) is 15.2. The van der Waals surface area contributed by atoms with Crippen LogP contribution in [0, 0.1) is 11.6 Å². The molecule has 0 aliphatic carbocycles. The highest BCUT2D eigenvalue weighted by Crippen LogP contribution is 2.23. The number of ether oxygens (including phenoxy) is 1. The Hall–Kier alpha value is -2.94. The van der Waals surface area contributed by atoms with Crippen LogP contribution in [-0.4, -0.2) is 26.4 Å². The number of hydrogen-bond donors (Lipinski definition) is 1. The van der Waals surface area contributed by atoms with E-state index >= 15 is 0 Å². The minimum atomic E-state index is -0.828. The standard InChI is InChI=1S/C19H18F2N4O2S/c1-12(27-14-6-4-3-5-7-14)18-23-24-19(25(18)2)28-11-17(26)22-16-9-8-13(20)10-15(16)21/h3-10,12H,11H2,1-2H3,(H,22,26)/t12-/m0/s1. The van der Waals surface area contributed by atoms with Crippen molar-refractivity contribution in [2.75, 3.05) is 11.1 Å². The predicted molar refractivity (Wildman–Crippen MR) is 102 cm³/mol. The van der Waals surface area contributed by atoms with E-state index in [-0.39, 0.29) is 17.5 Å². The maximum absolute atomic E-state index is 13.6. The van der Waals surface area contributed by atoms with Crippen molar-refractivity contribution in [3.8, 4) is 5.75 Å². The van der Waals surface area contributed by atoms with Gasteiger partial charge >= 0.3 is 0 Å². The van der Waals surface area contributed by atoms with Gasteiger partial charge in [-0.15, -0.1) is 10.2 Å². The van der Waals surface area contributed by atoms with Crippen molar-refractivity contribution in [2.45, 2.75) is 18.2 Å². The minimum Gasteiger partial charge on any atom is -0.483 e. The van der Waals surface area contributed by atoms with E-state index in [1.54, 1.807) is 11.6 Å². The number of carbonyl (C=O) groups is 1. The molecule has 0 spiro atoms. The first-order chi connectivity index (χ1) is 13.4. The average Bonchev–Trinajstić information content (AvgIpc) is 3.04. The molecule has 0 saturated heterocycles. The highest BCUT2D eigenvalue weighted by Gasteiger charge is 2.18. The van der Waals surface area contributed by atoms with Gasteiger partial charge in [-0.25, -0.2) is 8.78 Å². The van der Waals surface area contributed by atoms with Crippen LogP contribution in [0.1, 0.15) is 18.9 Å². The van der Waals surface area contributed by atoms with Crippen molar-refractivity contribution >= 4 is 23.4 Å². The molecule has 0 aliphatic rings. The summed E-state index contributed by atoms with van der Waals surface area (Å²) >= 11 is 1.15. The summed E-state index contributed by atoms with van der Waals surface area (Å²) in [5.41, 5.74) is -0.0736. The molecule has 2 aromatic carbocycles. The zero-order valence-corrected chi connectivity index (χ0v) is 16.0. The van der Waals surface area contributed by atoms with Gasteiger partial charge in [0.25, 0.3) is 0 Å². The molecule has 1 N–H and O–H groups in total. The molecule has 1 aromatic heterocycles. The van der Waals surface area contributed by atoms with Crippen LogP contribution < -0.4 is 10.1 Å². The SMILES string of the molecule is C[C@H](Oc1ccccc1)c1nnc(SCC(=O)Nc2ccc(F)cc2F)n1C. The first-order valence-electron chi connectivity index (χ1n) is 8.42. The molecule has 6 nitrogen and oxygen atoms in total. The summed E-state index contributed by atoms with van der Waals surface area (Å²) in [7, 11) is 1.78. The molecule has 3 rings (SSSR count). The lowest BCUT2D eigenvalue weighted by atomic mass is 10.3. The van der Waals surface area contributed by atoms with Crippen molar-refractivity contribution in [1.29, 1.82) is 0 Å². The maximum Gasteiger partial charge on any atom is 0.234 e. The molecule has 9 heteroatoms. The number of anilines is 1. The average molecular weight is 404 g/mol. The summed E-state index contributed by atoms with van der Waals surface area (Å²) in [5.74, 6) is -0.649. The normalized spacial score (nSPS) is 11.9. The molecule has 0 unspecified atom stereocenters. The second-order valence-electron chi connectivity index (χ2n) is 5.93. The van der Waals surface area contributed by atoms with Crippen LogP contribution in [0.4, 0.5) is 14.5 Å². The molecule has 146 valence electrons. The third kappa shape index (κ3) is 4.86. The molecule has 28 heavy (non-hydrogen) atoms. The Morgan fingerprint density at radius 2 is 1.96 bits per heavy atom. The number of aromatic nitrogens is 3. The van der Waals surface area contributed by atoms with Crippen LogP contribution in [0.2, 0.25) is 0 Å². The Morgan fingerprint density at radius 3 is 2.68 bits per heavy atom. The second-order valence-corrected chi connectivity index (χ2v) is 6.88. The lowest BCUT2D eigenvalue weighted by Crippen LogP contribution is -2.16. The Labute approximate surface area is 164 Å². The quantitative estimate of drug-likeness (QED) is 0.604. The van der Waals surface area contributed by atoms with E-state index in [1.165, 1.54) is 6.07 Å². The largest absolute Gasteiger partial charge is 0.483 e. The third-order valence-electron chi connectivity index (χ3n) is 3.83. The number of nitrogens with one attached hydrogen (secondary N) is 1. The van der Waals surface area contributed by atoms with Gasteiger partial charge in [-0.05, 0) is 31.2 Å². The lowest BCUT2D eigenvalue weighted by molar-refractivity contribution is -0.113.